The van der Waals surface area contributed by atoms with E-state index in [1.54, 1.807) is 56.2 Å². The number of anilines is 1. The smallest absolute Gasteiger partial charge is 0.264 e. The number of carbonyl (C=O) groups is 4. The SMILES string of the molecule is CCNC(=O)[C@@H](NC(=O)[C@H](C)NC[C@H](Cc1ccccc1)NC(=O)c1cc(C(=O)NC(C)c2cnn(C)c2)cc(N(C)S(=O)(=O)c2ccccc2)c1)C(C)C. The van der Waals surface area contributed by atoms with E-state index in [1.807, 2.05) is 51.1 Å². The third kappa shape index (κ3) is 11.5. The Balaban J connectivity index is 1.63. The number of carbonyl (C=O) groups excluding carboxylic acids is 4. The summed E-state index contributed by atoms with van der Waals surface area (Å²) in [5, 5.41) is 18.9. The topological polar surface area (TPSA) is 184 Å². The van der Waals surface area contributed by atoms with E-state index in [2.05, 4.69) is 31.7 Å². The molecule has 4 amide bonds. The zero-order chi connectivity index (χ0) is 40.3. The summed E-state index contributed by atoms with van der Waals surface area (Å²) >= 11 is 0. The van der Waals surface area contributed by atoms with Crippen LogP contribution in [0, 0.1) is 5.92 Å². The Morgan fingerprint density at radius 1 is 0.818 bits per heavy atom. The average molecular weight is 773 g/mol. The number of nitrogens with zero attached hydrogens (tertiary/aromatic N) is 3. The second-order valence-electron chi connectivity index (χ2n) is 13.8. The zero-order valence-electron chi connectivity index (χ0n) is 32.4. The molecule has 4 rings (SSSR count). The molecule has 0 aliphatic heterocycles. The van der Waals surface area contributed by atoms with Crippen LogP contribution in [0.3, 0.4) is 0 Å². The van der Waals surface area contributed by atoms with Gasteiger partial charge in [0.1, 0.15) is 6.04 Å². The van der Waals surface area contributed by atoms with Crippen molar-refractivity contribution in [1.29, 1.82) is 0 Å². The van der Waals surface area contributed by atoms with Gasteiger partial charge in [0.25, 0.3) is 21.8 Å². The number of likely N-dealkylation sites (N-methyl/N-ethyl adjacent to an activating group) is 1. The lowest BCUT2D eigenvalue weighted by Crippen LogP contribution is -2.55. The fraction of sp³-hybridized carbons (Fsp3) is 0.375. The number of aryl methyl sites for hydroxylation is 1. The molecule has 0 saturated heterocycles. The fourth-order valence-electron chi connectivity index (χ4n) is 5.82. The number of hydrogen-bond donors (Lipinski definition) is 5. The van der Waals surface area contributed by atoms with E-state index < -0.39 is 46.0 Å². The summed E-state index contributed by atoms with van der Waals surface area (Å²) in [5.41, 5.74) is 1.91. The van der Waals surface area contributed by atoms with Gasteiger partial charge in [0.2, 0.25) is 11.8 Å². The maximum absolute atomic E-state index is 14.1. The van der Waals surface area contributed by atoms with Gasteiger partial charge in [-0.2, -0.15) is 5.10 Å². The Morgan fingerprint density at radius 2 is 1.42 bits per heavy atom. The van der Waals surface area contributed by atoms with Crippen molar-refractivity contribution in [1.82, 2.24) is 36.4 Å². The molecular weight excluding hydrogens is 721 g/mol. The highest BCUT2D eigenvalue weighted by Gasteiger charge is 2.28. The molecule has 0 aliphatic rings. The van der Waals surface area contributed by atoms with Crippen LogP contribution in [0.25, 0.3) is 0 Å². The Hall–Kier alpha value is -5.54. The molecule has 4 aromatic rings. The monoisotopic (exact) mass is 772 g/mol. The summed E-state index contributed by atoms with van der Waals surface area (Å²) in [6.45, 7) is 9.59. The first-order chi connectivity index (χ1) is 26.1. The lowest BCUT2D eigenvalue weighted by Gasteiger charge is -2.26. The van der Waals surface area contributed by atoms with Crippen molar-refractivity contribution in [3.05, 3.63) is 114 Å². The highest BCUT2D eigenvalue weighted by Crippen LogP contribution is 2.26. The number of benzene rings is 3. The summed E-state index contributed by atoms with van der Waals surface area (Å²) in [6, 6.07) is 19.2. The minimum Gasteiger partial charge on any atom is -0.355 e. The summed E-state index contributed by atoms with van der Waals surface area (Å²) in [7, 11) is -0.937. The van der Waals surface area contributed by atoms with Gasteiger partial charge >= 0.3 is 0 Å². The predicted octanol–water partition coefficient (Wildman–Crippen LogP) is 3.33. The molecule has 1 heterocycles. The van der Waals surface area contributed by atoms with Crippen molar-refractivity contribution in [2.24, 2.45) is 13.0 Å². The molecule has 0 saturated carbocycles. The van der Waals surface area contributed by atoms with E-state index in [4.69, 9.17) is 0 Å². The van der Waals surface area contributed by atoms with Crippen LogP contribution in [-0.2, 0) is 33.1 Å². The van der Waals surface area contributed by atoms with Crippen LogP contribution in [-0.4, -0.2) is 80.1 Å². The lowest BCUT2D eigenvalue weighted by molar-refractivity contribution is -0.130. The Bertz CT molecular complexity index is 2040. The van der Waals surface area contributed by atoms with Crippen LogP contribution < -0.4 is 30.9 Å². The number of rotatable bonds is 18. The molecule has 14 nitrogen and oxygen atoms in total. The molecule has 5 N–H and O–H groups in total. The molecule has 0 bridgehead atoms. The van der Waals surface area contributed by atoms with E-state index in [0.717, 1.165) is 15.4 Å². The molecular formula is C40H52N8O6S. The maximum Gasteiger partial charge on any atom is 0.264 e. The number of nitrogens with one attached hydrogen (secondary N) is 5. The van der Waals surface area contributed by atoms with Crippen LogP contribution in [0.5, 0.6) is 0 Å². The van der Waals surface area contributed by atoms with Crippen molar-refractivity contribution in [2.75, 3.05) is 24.4 Å². The maximum atomic E-state index is 14.1. The van der Waals surface area contributed by atoms with Crippen molar-refractivity contribution in [2.45, 2.75) is 70.1 Å². The predicted molar refractivity (Wildman–Crippen MR) is 212 cm³/mol. The van der Waals surface area contributed by atoms with Gasteiger partial charge in [0.15, 0.2) is 0 Å². The molecule has 3 aromatic carbocycles. The third-order valence-corrected chi connectivity index (χ3v) is 10.9. The molecule has 0 fully saturated rings. The van der Waals surface area contributed by atoms with Gasteiger partial charge in [-0.05, 0) is 69.0 Å². The second kappa shape index (κ2) is 19.2. The standard InChI is InChI=1S/C40H52N8O6S/c1-8-41-40(52)36(26(2)3)46-37(49)28(5)42-24-33(19-29-15-11-9-12-16-29)45-39(51)31-20-30(38(50)44-27(4)32-23-43-47(6)25-32)21-34(22-31)48(7)55(53,54)35-17-13-10-14-18-35/h9-18,20-23,25-28,33,36,42H,8,19,24H2,1-7H3,(H,41,52)(H,44,50)(H,45,51)(H,46,49)/t27?,28-,33-,36-/m0/s1. The number of hydrogen-bond acceptors (Lipinski definition) is 8. The quantitative estimate of drug-likeness (QED) is 0.102. The van der Waals surface area contributed by atoms with Crippen LogP contribution >= 0.6 is 0 Å². The first kappa shape index (κ1) is 42.2. The van der Waals surface area contributed by atoms with E-state index in [0.29, 0.717) is 13.0 Å². The van der Waals surface area contributed by atoms with Crippen molar-refractivity contribution in [3.63, 3.8) is 0 Å². The molecule has 0 spiro atoms. The van der Waals surface area contributed by atoms with Crippen molar-refractivity contribution >= 4 is 39.3 Å². The van der Waals surface area contributed by atoms with E-state index in [1.165, 1.54) is 37.4 Å². The Kier molecular flexibility index (Phi) is 14.7. The van der Waals surface area contributed by atoms with Gasteiger partial charge in [-0.1, -0.05) is 62.4 Å². The highest BCUT2D eigenvalue weighted by molar-refractivity contribution is 7.92. The number of amides is 4. The molecule has 1 unspecified atom stereocenters. The Morgan fingerprint density at radius 3 is 1.98 bits per heavy atom. The summed E-state index contributed by atoms with van der Waals surface area (Å²) < 4.78 is 30.0. The van der Waals surface area contributed by atoms with E-state index >= 15 is 0 Å². The molecule has 15 heteroatoms. The van der Waals surface area contributed by atoms with Crippen molar-refractivity contribution in [3.8, 4) is 0 Å². The van der Waals surface area contributed by atoms with Crippen LogP contribution in [0.1, 0.15) is 72.5 Å². The largest absolute Gasteiger partial charge is 0.355 e. The molecule has 4 atom stereocenters. The van der Waals surface area contributed by atoms with Gasteiger partial charge in [0, 0.05) is 56.1 Å². The van der Waals surface area contributed by atoms with Gasteiger partial charge in [-0.3, -0.25) is 28.2 Å². The van der Waals surface area contributed by atoms with Gasteiger partial charge < -0.3 is 26.6 Å². The van der Waals surface area contributed by atoms with Crippen LogP contribution in [0.4, 0.5) is 5.69 Å². The summed E-state index contributed by atoms with van der Waals surface area (Å²) in [4.78, 5) is 53.6. The van der Waals surface area contributed by atoms with Crippen molar-refractivity contribution < 1.29 is 27.6 Å². The van der Waals surface area contributed by atoms with Gasteiger partial charge in [-0.15, -0.1) is 0 Å². The zero-order valence-corrected chi connectivity index (χ0v) is 33.2. The fourth-order valence-corrected chi connectivity index (χ4v) is 7.02. The minimum atomic E-state index is -4.07. The summed E-state index contributed by atoms with van der Waals surface area (Å²) in [5.74, 6) is -1.86. The normalized spacial score (nSPS) is 13.6. The first-order valence-corrected chi connectivity index (χ1v) is 19.7. The molecule has 1 aromatic heterocycles. The Labute approximate surface area is 323 Å². The highest BCUT2D eigenvalue weighted by atomic mass is 32.2. The number of aromatic nitrogens is 2. The van der Waals surface area contributed by atoms with Gasteiger partial charge in [0.05, 0.1) is 28.9 Å². The summed E-state index contributed by atoms with van der Waals surface area (Å²) in [6.07, 6.45) is 3.80. The van der Waals surface area contributed by atoms with Crippen LogP contribution in [0.2, 0.25) is 0 Å². The first-order valence-electron chi connectivity index (χ1n) is 18.2. The molecule has 55 heavy (non-hydrogen) atoms. The second-order valence-corrected chi connectivity index (χ2v) is 15.8. The van der Waals surface area contributed by atoms with Gasteiger partial charge in [-0.25, -0.2) is 8.42 Å². The molecule has 0 aliphatic carbocycles. The molecule has 294 valence electrons. The van der Waals surface area contributed by atoms with E-state index in [9.17, 15) is 27.6 Å². The third-order valence-electron chi connectivity index (χ3n) is 9.10. The van der Waals surface area contributed by atoms with E-state index in [-0.39, 0.29) is 46.0 Å². The molecule has 0 radical (unpaired) electrons. The minimum absolute atomic E-state index is 0.0430. The number of sulfonamides is 1. The van der Waals surface area contributed by atoms with Crippen LogP contribution in [0.15, 0.2) is 96.2 Å². The average Bonchev–Trinajstić information content (AvgIpc) is 3.62. The lowest BCUT2D eigenvalue weighted by atomic mass is 10.0.